The summed E-state index contributed by atoms with van der Waals surface area (Å²) >= 11 is 0. The second-order valence-electron chi connectivity index (χ2n) is 8.91. The number of rotatable bonds is 5. The van der Waals surface area contributed by atoms with Crippen LogP contribution in [-0.2, 0) is 0 Å². The summed E-state index contributed by atoms with van der Waals surface area (Å²) < 4.78 is 5.59. The molecule has 0 saturated heterocycles. The molecule has 1 aliphatic rings. The molecule has 4 aromatic rings. The zero-order chi connectivity index (χ0) is 23.1. The molecule has 0 bridgehead atoms. The number of hydrogen-bond acceptors (Lipinski definition) is 4. The predicted octanol–water partition coefficient (Wildman–Crippen LogP) is 6.24. The molecule has 33 heavy (non-hydrogen) atoms. The van der Waals surface area contributed by atoms with Crippen LogP contribution in [0, 0.1) is 10.1 Å². The van der Waals surface area contributed by atoms with Crippen LogP contribution < -0.4 is 10.1 Å². The first kappa shape index (κ1) is 21.1. The Morgan fingerprint density at radius 2 is 1.73 bits per heavy atom. The third-order valence-corrected chi connectivity index (χ3v) is 6.75. The Balaban J connectivity index is 1.78. The van der Waals surface area contributed by atoms with Crippen LogP contribution in [0.5, 0.6) is 5.75 Å². The average Bonchev–Trinajstić information content (AvgIpc) is 3.26. The van der Waals surface area contributed by atoms with E-state index in [2.05, 4.69) is 42.3 Å². The molecule has 2 heterocycles. The maximum atomic E-state index is 12.7. The summed E-state index contributed by atoms with van der Waals surface area (Å²) in [6.07, 6.45) is 1.93. The molecule has 1 aromatic heterocycles. The lowest BCUT2D eigenvalue weighted by Gasteiger charge is -2.36. The van der Waals surface area contributed by atoms with Crippen LogP contribution >= 0.6 is 0 Å². The molecule has 0 fully saturated rings. The first-order chi connectivity index (χ1) is 16.0. The fourth-order valence-electron chi connectivity index (χ4n) is 5.09. The van der Waals surface area contributed by atoms with Crippen molar-refractivity contribution in [3.8, 4) is 5.75 Å². The first-order valence-corrected chi connectivity index (χ1v) is 11.2. The van der Waals surface area contributed by atoms with E-state index in [0.29, 0.717) is 11.7 Å². The maximum Gasteiger partial charge on any atom is 0.248 e. The summed E-state index contributed by atoms with van der Waals surface area (Å²) in [5, 5.41) is 17.2. The number of hydrogen-bond donors (Lipinski definition) is 2. The van der Waals surface area contributed by atoms with Gasteiger partial charge in [-0.05, 0) is 40.8 Å². The van der Waals surface area contributed by atoms with Crippen LogP contribution in [0.3, 0.4) is 0 Å². The minimum Gasteiger partial charge on any atom is -0.496 e. The van der Waals surface area contributed by atoms with E-state index in [1.165, 1.54) is 5.56 Å². The van der Waals surface area contributed by atoms with Gasteiger partial charge in [0.15, 0.2) is 0 Å². The molecule has 3 atom stereocenters. The minimum atomic E-state index is -0.921. The van der Waals surface area contributed by atoms with Gasteiger partial charge >= 0.3 is 0 Å². The monoisotopic (exact) mass is 441 g/mol. The van der Waals surface area contributed by atoms with Crippen molar-refractivity contribution in [3.63, 3.8) is 0 Å². The van der Waals surface area contributed by atoms with Gasteiger partial charge in [0.2, 0.25) is 6.04 Å². The molecule has 0 unspecified atom stereocenters. The van der Waals surface area contributed by atoms with E-state index in [0.717, 1.165) is 33.3 Å². The Hall–Kier alpha value is -3.80. The molecule has 6 heteroatoms. The van der Waals surface area contributed by atoms with Crippen LogP contribution in [-0.4, -0.2) is 23.1 Å². The van der Waals surface area contributed by atoms with E-state index in [9.17, 15) is 10.1 Å². The number of anilines is 1. The highest BCUT2D eigenvalue weighted by atomic mass is 16.6. The number of nitro groups is 1. The van der Waals surface area contributed by atoms with Gasteiger partial charge in [0.05, 0.1) is 13.0 Å². The molecule has 0 radical (unpaired) electrons. The lowest BCUT2D eigenvalue weighted by Crippen LogP contribution is -2.42. The summed E-state index contributed by atoms with van der Waals surface area (Å²) in [7, 11) is 1.60. The Bertz CT molecular complexity index is 1330. The van der Waals surface area contributed by atoms with Gasteiger partial charge in [0.1, 0.15) is 11.8 Å². The third-order valence-electron chi connectivity index (χ3n) is 6.75. The van der Waals surface area contributed by atoms with Crippen LogP contribution in [0.25, 0.3) is 10.9 Å². The summed E-state index contributed by atoms with van der Waals surface area (Å²) in [6, 6.07) is 20.4. The fourth-order valence-corrected chi connectivity index (χ4v) is 5.09. The van der Waals surface area contributed by atoms with Gasteiger partial charge in [-0.3, -0.25) is 10.1 Å². The number of ether oxygens (including phenoxy) is 1. The number of aromatic amines is 1. The van der Waals surface area contributed by atoms with E-state index in [-0.39, 0.29) is 4.92 Å². The van der Waals surface area contributed by atoms with Crippen molar-refractivity contribution in [2.75, 3.05) is 12.4 Å². The molecular formula is C27H27N3O3. The van der Waals surface area contributed by atoms with Gasteiger partial charge in [-0.15, -0.1) is 0 Å². The average molecular weight is 442 g/mol. The molecule has 0 saturated carbocycles. The zero-order valence-electron chi connectivity index (χ0n) is 18.9. The number of aromatic nitrogens is 1. The molecule has 0 aliphatic carbocycles. The molecule has 168 valence electrons. The number of benzene rings is 3. The van der Waals surface area contributed by atoms with Crippen molar-refractivity contribution < 1.29 is 9.66 Å². The van der Waals surface area contributed by atoms with Gasteiger partial charge in [0, 0.05) is 33.3 Å². The van der Waals surface area contributed by atoms with Crippen molar-refractivity contribution in [2.24, 2.45) is 0 Å². The normalized spacial score (nSPS) is 19.8. The second-order valence-corrected chi connectivity index (χ2v) is 8.91. The van der Waals surface area contributed by atoms with E-state index in [4.69, 9.17) is 4.74 Å². The summed E-state index contributed by atoms with van der Waals surface area (Å²) in [5.74, 6) is 0.530. The van der Waals surface area contributed by atoms with Crippen molar-refractivity contribution >= 4 is 16.6 Å². The Morgan fingerprint density at radius 1 is 0.970 bits per heavy atom. The van der Waals surface area contributed by atoms with Crippen molar-refractivity contribution in [3.05, 3.63) is 105 Å². The molecule has 3 aromatic carbocycles. The summed E-state index contributed by atoms with van der Waals surface area (Å²) in [4.78, 5) is 15.9. The molecule has 0 spiro atoms. The smallest absolute Gasteiger partial charge is 0.248 e. The molecular weight excluding hydrogens is 414 g/mol. The van der Waals surface area contributed by atoms with Crippen LogP contribution in [0.4, 0.5) is 5.69 Å². The lowest BCUT2D eigenvalue weighted by molar-refractivity contribution is -0.529. The Labute approximate surface area is 192 Å². The predicted molar refractivity (Wildman–Crippen MR) is 131 cm³/mol. The van der Waals surface area contributed by atoms with Gasteiger partial charge in [-0.2, -0.15) is 0 Å². The lowest BCUT2D eigenvalue weighted by atomic mass is 9.75. The third kappa shape index (κ3) is 3.52. The van der Waals surface area contributed by atoms with E-state index >= 15 is 0 Å². The zero-order valence-corrected chi connectivity index (χ0v) is 18.9. The largest absolute Gasteiger partial charge is 0.496 e. The van der Waals surface area contributed by atoms with Crippen LogP contribution in [0.15, 0.2) is 72.9 Å². The van der Waals surface area contributed by atoms with Gasteiger partial charge in [0.25, 0.3) is 0 Å². The number of H-pyrrole nitrogens is 1. The highest BCUT2D eigenvalue weighted by Gasteiger charge is 2.48. The maximum absolute atomic E-state index is 12.7. The standard InChI is InChI=1S/C27H27N3O3/c1-16(2)17-12-13-23-20(14-17)25(21-15-28-22-10-6-4-8-18(21)22)27(30(31)32)26(29-23)19-9-5-7-11-24(19)33-3/h4-16,25-29H,1-3H3/t25-,26+,27-/m1/s1. The topological polar surface area (TPSA) is 80.2 Å². The molecule has 1 aliphatic heterocycles. The SMILES string of the molecule is COc1ccccc1[C@@H]1Nc2ccc(C(C)C)cc2[C@H](c2c[nH]c3ccccc23)[C@H]1[N+](=O)[O-]. The number of nitrogens with one attached hydrogen (secondary N) is 2. The first-order valence-electron chi connectivity index (χ1n) is 11.2. The summed E-state index contributed by atoms with van der Waals surface area (Å²) in [5.41, 5.74) is 5.74. The highest BCUT2D eigenvalue weighted by Crippen LogP contribution is 2.48. The van der Waals surface area contributed by atoms with E-state index in [1.54, 1.807) is 7.11 Å². The van der Waals surface area contributed by atoms with Gasteiger partial charge in [-0.1, -0.05) is 62.4 Å². The van der Waals surface area contributed by atoms with E-state index in [1.807, 2.05) is 54.7 Å². The van der Waals surface area contributed by atoms with E-state index < -0.39 is 18.0 Å². The van der Waals surface area contributed by atoms with Gasteiger partial charge in [-0.25, -0.2) is 0 Å². The molecule has 2 N–H and O–H groups in total. The van der Waals surface area contributed by atoms with Crippen molar-refractivity contribution in [1.29, 1.82) is 0 Å². The summed E-state index contributed by atoms with van der Waals surface area (Å²) in [6.45, 7) is 4.28. The number of fused-ring (bicyclic) bond motifs is 2. The number of methoxy groups -OCH3 is 1. The van der Waals surface area contributed by atoms with Gasteiger partial charge < -0.3 is 15.0 Å². The Morgan fingerprint density at radius 3 is 2.48 bits per heavy atom. The molecule has 5 rings (SSSR count). The minimum absolute atomic E-state index is 0.137. The fraction of sp³-hybridized carbons (Fsp3) is 0.259. The number of nitrogens with zero attached hydrogens (tertiary/aromatic N) is 1. The molecule has 0 amide bonds. The second kappa shape index (κ2) is 8.28. The Kier molecular flexibility index (Phi) is 5.29. The van der Waals surface area contributed by atoms with Crippen molar-refractivity contribution in [1.82, 2.24) is 4.98 Å². The molecule has 6 nitrogen and oxygen atoms in total. The van der Waals surface area contributed by atoms with Crippen LogP contribution in [0.2, 0.25) is 0 Å². The number of para-hydroxylation sites is 2. The van der Waals surface area contributed by atoms with Crippen molar-refractivity contribution in [2.45, 2.75) is 37.8 Å². The van der Waals surface area contributed by atoms with Crippen LogP contribution in [0.1, 0.15) is 54.0 Å². The quantitative estimate of drug-likeness (QED) is 0.284. The highest BCUT2D eigenvalue weighted by molar-refractivity contribution is 5.85.